The number of pyridine rings is 1. The molecule has 0 N–H and O–H groups in total. The molecule has 0 spiro atoms. The maximum atomic E-state index is 5.92. The van der Waals surface area contributed by atoms with Crippen molar-refractivity contribution in [1.82, 2.24) is 29.1 Å². The van der Waals surface area contributed by atoms with Crippen molar-refractivity contribution in [3.05, 3.63) is 76.6 Å². The van der Waals surface area contributed by atoms with Crippen LogP contribution in [0.5, 0.6) is 5.75 Å². The highest BCUT2D eigenvalue weighted by atomic mass is 35.5. The molecule has 0 fully saturated rings. The summed E-state index contributed by atoms with van der Waals surface area (Å²) in [5.41, 5.74) is 4.88. The molecule has 0 atom stereocenters. The molecule has 0 aliphatic rings. The van der Waals surface area contributed by atoms with Gasteiger partial charge in [0.25, 0.3) is 0 Å². The van der Waals surface area contributed by atoms with Crippen LogP contribution < -0.4 is 4.74 Å². The zero-order chi connectivity index (χ0) is 20.8. The van der Waals surface area contributed by atoms with Gasteiger partial charge in [0.2, 0.25) is 0 Å². The second-order valence-corrected chi connectivity index (χ2v) is 7.66. The summed E-state index contributed by atoms with van der Waals surface area (Å²) < 4.78 is 9.56. The Morgan fingerprint density at radius 1 is 1.00 bits per heavy atom. The van der Waals surface area contributed by atoms with Gasteiger partial charge >= 0.3 is 0 Å². The molecular formula is C22H19ClN6O. The minimum atomic E-state index is 0.253. The Morgan fingerprint density at radius 2 is 1.80 bits per heavy atom. The quantitative estimate of drug-likeness (QED) is 0.426. The molecule has 5 aromatic rings. The van der Waals surface area contributed by atoms with E-state index in [0.29, 0.717) is 16.6 Å². The molecule has 4 heterocycles. The van der Waals surface area contributed by atoms with Crippen LogP contribution in [-0.2, 0) is 6.61 Å². The molecule has 0 amide bonds. The summed E-state index contributed by atoms with van der Waals surface area (Å²) in [4.78, 5) is 13.9. The van der Waals surface area contributed by atoms with Crippen molar-refractivity contribution in [3.63, 3.8) is 0 Å². The van der Waals surface area contributed by atoms with Gasteiger partial charge in [0.1, 0.15) is 24.5 Å². The van der Waals surface area contributed by atoms with Gasteiger partial charge in [-0.15, -0.1) is 5.10 Å². The lowest BCUT2D eigenvalue weighted by molar-refractivity contribution is 0.296. The van der Waals surface area contributed by atoms with E-state index in [-0.39, 0.29) is 6.61 Å². The van der Waals surface area contributed by atoms with Crippen LogP contribution in [0.15, 0.2) is 48.9 Å². The van der Waals surface area contributed by atoms with Crippen LogP contribution >= 0.6 is 11.6 Å². The fourth-order valence-electron chi connectivity index (χ4n) is 3.57. The van der Waals surface area contributed by atoms with Gasteiger partial charge in [0.15, 0.2) is 17.1 Å². The molecule has 4 aromatic heterocycles. The maximum Gasteiger partial charge on any atom is 0.189 e. The normalized spacial score (nSPS) is 11.5. The van der Waals surface area contributed by atoms with Crippen molar-refractivity contribution < 1.29 is 4.74 Å². The van der Waals surface area contributed by atoms with Gasteiger partial charge in [0, 0.05) is 16.9 Å². The fourth-order valence-corrected chi connectivity index (χ4v) is 3.69. The molecule has 0 unspecified atom stereocenters. The molecule has 0 saturated heterocycles. The zero-order valence-electron chi connectivity index (χ0n) is 16.8. The Hall–Kier alpha value is -3.45. The number of halogens is 1. The van der Waals surface area contributed by atoms with Gasteiger partial charge in [-0.1, -0.05) is 11.6 Å². The van der Waals surface area contributed by atoms with E-state index in [4.69, 9.17) is 21.3 Å². The maximum absolute atomic E-state index is 5.92. The summed E-state index contributed by atoms with van der Waals surface area (Å²) in [6.07, 6.45) is 3.49. The molecule has 5 rings (SSSR count). The number of ether oxygens (including phenoxy) is 1. The molecule has 0 bridgehead atoms. The Balaban J connectivity index is 1.58. The van der Waals surface area contributed by atoms with Crippen LogP contribution in [0, 0.1) is 20.8 Å². The molecule has 7 nitrogen and oxygen atoms in total. The minimum absolute atomic E-state index is 0.253. The Morgan fingerprint density at radius 3 is 2.57 bits per heavy atom. The monoisotopic (exact) mass is 418 g/mol. The first-order valence-electron chi connectivity index (χ1n) is 9.54. The fraction of sp³-hybridized carbons (Fsp3) is 0.182. The van der Waals surface area contributed by atoms with Crippen LogP contribution in [0.25, 0.3) is 22.5 Å². The number of benzene rings is 1. The lowest BCUT2D eigenvalue weighted by Crippen LogP contribution is -2.02. The minimum Gasteiger partial charge on any atom is -0.486 e. The van der Waals surface area contributed by atoms with Crippen molar-refractivity contribution in [2.24, 2.45) is 0 Å². The second kappa shape index (κ2) is 7.11. The van der Waals surface area contributed by atoms with Gasteiger partial charge in [-0.25, -0.2) is 19.5 Å². The van der Waals surface area contributed by atoms with E-state index < -0.39 is 0 Å². The van der Waals surface area contributed by atoms with E-state index in [1.165, 1.54) is 0 Å². The summed E-state index contributed by atoms with van der Waals surface area (Å²) in [5.74, 6) is 2.14. The van der Waals surface area contributed by atoms with Gasteiger partial charge in [-0.3, -0.25) is 4.57 Å². The molecular weight excluding hydrogens is 400 g/mol. The van der Waals surface area contributed by atoms with E-state index in [9.17, 15) is 0 Å². The molecule has 1 aromatic carbocycles. The van der Waals surface area contributed by atoms with Gasteiger partial charge in [-0.2, -0.15) is 0 Å². The van der Waals surface area contributed by atoms with Gasteiger partial charge < -0.3 is 4.74 Å². The number of fused-ring (bicyclic) bond motifs is 3. The van der Waals surface area contributed by atoms with Crippen LogP contribution in [-0.4, -0.2) is 29.1 Å². The number of aromatic nitrogens is 6. The summed E-state index contributed by atoms with van der Waals surface area (Å²) in [7, 11) is 0. The predicted octanol–water partition coefficient (Wildman–Crippen LogP) is 4.62. The SMILES string of the molecule is Cc1ccnc(-n2c(C)c(C)c3c2ncn2nc(COc4ccc(Cl)cc4)nc32)c1. The Kier molecular flexibility index (Phi) is 4.40. The van der Waals surface area contributed by atoms with E-state index >= 15 is 0 Å². The number of hydrogen-bond acceptors (Lipinski definition) is 5. The number of rotatable bonds is 4. The molecule has 0 aliphatic heterocycles. The molecule has 0 aliphatic carbocycles. The molecule has 0 saturated carbocycles. The summed E-state index contributed by atoms with van der Waals surface area (Å²) >= 11 is 5.92. The molecule has 30 heavy (non-hydrogen) atoms. The number of hydrogen-bond donors (Lipinski definition) is 0. The molecule has 0 radical (unpaired) electrons. The summed E-state index contributed by atoms with van der Waals surface area (Å²) in [6.45, 7) is 6.45. The van der Waals surface area contributed by atoms with Crippen molar-refractivity contribution in [2.45, 2.75) is 27.4 Å². The van der Waals surface area contributed by atoms with E-state index in [2.05, 4.69) is 40.4 Å². The van der Waals surface area contributed by atoms with E-state index in [1.54, 1.807) is 23.0 Å². The van der Waals surface area contributed by atoms with E-state index in [1.807, 2.05) is 30.5 Å². The standard InChI is InChI=1S/C22H19ClN6O/c1-13-8-9-24-19(10-13)29-15(3)14(2)20-21(29)25-12-28-22(20)26-18(27-28)11-30-17-6-4-16(23)5-7-17/h4-10,12H,11H2,1-3H3. The van der Waals surface area contributed by atoms with Crippen molar-refractivity contribution in [3.8, 4) is 11.6 Å². The highest BCUT2D eigenvalue weighted by Crippen LogP contribution is 2.29. The van der Waals surface area contributed by atoms with Crippen LogP contribution in [0.3, 0.4) is 0 Å². The van der Waals surface area contributed by atoms with Crippen molar-refractivity contribution in [2.75, 3.05) is 0 Å². The first-order valence-corrected chi connectivity index (χ1v) is 9.92. The summed E-state index contributed by atoms with van der Waals surface area (Å²) in [5, 5.41) is 6.16. The van der Waals surface area contributed by atoms with Crippen LogP contribution in [0.4, 0.5) is 0 Å². The highest BCUT2D eigenvalue weighted by Gasteiger charge is 2.19. The lowest BCUT2D eigenvalue weighted by atomic mass is 10.2. The topological polar surface area (TPSA) is 70.1 Å². The highest BCUT2D eigenvalue weighted by molar-refractivity contribution is 6.30. The third-order valence-corrected chi connectivity index (χ3v) is 5.44. The van der Waals surface area contributed by atoms with Crippen LogP contribution in [0.2, 0.25) is 5.02 Å². The summed E-state index contributed by atoms with van der Waals surface area (Å²) in [6, 6.07) is 11.2. The van der Waals surface area contributed by atoms with Crippen molar-refractivity contribution >= 4 is 28.3 Å². The van der Waals surface area contributed by atoms with E-state index in [0.717, 1.165) is 39.3 Å². The largest absolute Gasteiger partial charge is 0.486 e. The van der Waals surface area contributed by atoms with Crippen molar-refractivity contribution in [1.29, 1.82) is 0 Å². The molecule has 150 valence electrons. The lowest BCUT2D eigenvalue weighted by Gasteiger charge is -2.07. The zero-order valence-corrected chi connectivity index (χ0v) is 17.6. The predicted molar refractivity (Wildman–Crippen MR) is 115 cm³/mol. The van der Waals surface area contributed by atoms with Crippen LogP contribution in [0.1, 0.15) is 22.6 Å². The van der Waals surface area contributed by atoms with Gasteiger partial charge in [0.05, 0.1) is 5.39 Å². The molecule has 8 heteroatoms. The average molecular weight is 419 g/mol. The third-order valence-electron chi connectivity index (χ3n) is 5.19. The first kappa shape index (κ1) is 18.6. The Labute approximate surface area is 177 Å². The Bertz CT molecular complexity index is 1390. The number of aryl methyl sites for hydroxylation is 2. The smallest absolute Gasteiger partial charge is 0.189 e. The first-order chi connectivity index (χ1) is 14.5. The third kappa shape index (κ3) is 3.07. The number of nitrogens with zero attached hydrogens (tertiary/aromatic N) is 6. The van der Waals surface area contributed by atoms with Gasteiger partial charge in [-0.05, 0) is 68.3 Å². The second-order valence-electron chi connectivity index (χ2n) is 7.22. The average Bonchev–Trinajstić information content (AvgIpc) is 3.26.